The molecule has 0 N–H and O–H groups in total. The van der Waals surface area contributed by atoms with Crippen LogP contribution in [0.25, 0.3) is 0 Å². The van der Waals surface area contributed by atoms with Crippen molar-refractivity contribution in [2.45, 2.75) is 39.5 Å². The van der Waals surface area contributed by atoms with Crippen molar-refractivity contribution in [1.29, 1.82) is 0 Å². The van der Waals surface area contributed by atoms with Crippen LogP contribution in [0.15, 0.2) is 35.9 Å². The van der Waals surface area contributed by atoms with Crippen molar-refractivity contribution in [1.82, 2.24) is 0 Å². The molecule has 1 rings (SSSR count). The molecule has 0 radical (unpaired) electrons. The van der Waals surface area contributed by atoms with Gasteiger partial charge in [0.25, 0.3) is 0 Å². The summed E-state index contributed by atoms with van der Waals surface area (Å²) in [6.07, 6.45) is 4.99. The molecule has 0 aliphatic rings. The number of aldehydes is 1. The standard InChI is InChI=1S/C15H20O/c1-12-7-9-15(10-8-12)14(3)6-4-5-13(2)11-16/h5,7-11,14H,4,6H2,1-3H3/b13-5+/t14-/m0/s1. The van der Waals surface area contributed by atoms with Gasteiger partial charge in [0, 0.05) is 0 Å². The van der Waals surface area contributed by atoms with Crippen LogP contribution in [0.4, 0.5) is 0 Å². The van der Waals surface area contributed by atoms with E-state index in [1.807, 2.05) is 13.0 Å². The number of hydrogen-bond donors (Lipinski definition) is 0. The van der Waals surface area contributed by atoms with E-state index in [1.54, 1.807) is 0 Å². The fraction of sp³-hybridized carbons (Fsp3) is 0.400. The van der Waals surface area contributed by atoms with Crippen LogP contribution in [0.2, 0.25) is 0 Å². The second-order valence-corrected chi connectivity index (χ2v) is 4.46. The highest BCUT2D eigenvalue weighted by Gasteiger charge is 2.03. The van der Waals surface area contributed by atoms with Gasteiger partial charge in [0.1, 0.15) is 6.29 Å². The van der Waals surface area contributed by atoms with E-state index in [4.69, 9.17) is 0 Å². The van der Waals surface area contributed by atoms with Crippen LogP contribution in [0, 0.1) is 6.92 Å². The highest BCUT2D eigenvalue weighted by molar-refractivity contribution is 5.71. The SMILES string of the molecule is C/C(C=O)=C\CC[C@H](C)c1ccc(C)cc1. The third-order valence-electron chi connectivity index (χ3n) is 2.90. The minimum atomic E-state index is 0.552. The lowest BCUT2D eigenvalue weighted by atomic mass is 9.95. The van der Waals surface area contributed by atoms with E-state index in [0.717, 1.165) is 24.7 Å². The molecular weight excluding hydrogens is 196 g/mol. The van der Waals surface area contributed by atoms with Gasteiger partial charge in [-0.05, 0) is 43.7 Å². The zero-order chi connectivity index (χ0) is 12.0. The molecule has 1 heteroatoms. The Hall–Kier alpha value is -1.37. The predicted molar refractivity (Wildman–Crippen MR) is 68.6 cm³/mol. The summed E-state index contributed by atoms with van der Waals surface area (Å²) in [4.78, 5) is 10.4. The Morgan fingerprint density at radius 3 is 2.50 bits per heavy atom. The number of hydrogen-bond acceptors (Lipinski definition) is 1. The summed E-state index contributed by atoms with van der Waals surface area (Å²) in [5.74, 6) is 0.552. The highest BCUT2D eigenvalue weighted by Crippen LogP contribution is 2.21. The zero-order valence-corrected chi connectivity index (χ0v) is 10.4. The van der Waals surface area contributed by atoms with Gasteiger partial charge in [-0.15, -0.1) is 0 Å². The minimum Gasteiger partial charge on any atom is -0.298 e. The number of aryl methyl sites for hydroxylation is 1. The number of carbonyl (C=O) groups is 1. The van der Waals surface area contributed by atoms with E-state index < -0.39 is 0 Å². The minimum absolute atomic E-state index is 0.552. The summed E-state index contributed by atoms with van der Waals surface area (Å²) in [6, 6.07) is 8.68. The Kier molecular flexibility index (Phi) is 4.97. The summed E-state index contributed by atoms with van der Waals surface area (Å²) >= 11 is 0. The maximum Gasteiger partial charge on any atom is 0.145 e. The van der Waals surface area contributed by atoms with Crippen molar-refractivity contribution in [3.05, 3.63) is 47.0 Å². The second kappa shape index (κ2) is 6.26. The summed E-state index contributed by atoms with van der Waals surface area (Å²) < 4.78 is 0. The lowest BCUT2D eigenvalue weighted by molar-refractivity contribution is -0.104. The lowest BCUT2D eigenvalue weighted by Crippen LogP contribution is -1.93. The van der Waals surface area contributed by atoms with Crippen LogP contribution in [0.3, 0.4) is 0 Å². The van der Waals surface area contributed by atoms with E-state index in [-0.39, 0.29) is 0 Å². The predicted octanol–water partition coefficient (Wildman–Crippen LogP) is 4.02. The summed E-state index contributed by atoms with van der Waals surface area (Å²) in [6.45, 7) is 6.18. The fourth-order valence-corrected chi connectivity index (χ4v) is 1.67. The van der Waals surface area contributed by atoms with Crippen LogP contribution in [0.5, 0.6) is 0 Å². The molecular formula is C15H20O. The molecule has 0 aliphatic heterocycles. The van der Waals surface area contributed by atoms with Gasteiger partial charge in [0.05, 0.1) is 0 Å². The van der Waals surface area contributed by atoms with Gasteiger partial charge in [-0.2, -0.15) is 0 Å². The van der Waals surface area contributed by atoms with Gasteiger partial charge in [0.15, 0.2) is 0 Å². The molecule has 1 aromatic carbocycles. The van der Waals surface area contributed by atoms with Gasteiger partial charge in [0.2, 0.25) is 0 Å². The van der Waals surface area contributed by atoms with Crippen molar-refractivity contribution in [2.75, 3.05) is 0 Å². The van der Waals surface area contributed by atoms with E-state index in [1.165, 1.54) is 11.1 Å². The topological polar surface area (TPSA) is 17.1 Å². The Morgan fingerprint density at radius 1 is 1.31 bits per heavy atom. The number of rotatable bonds is 5. The maximum atomic E-state index is 10.4. The summed E-state index contributed by atoms with van der Waals surface area (Å²) in [5.41, 5.74) is 3.51. The number of benzene rings is 1. The Morgan fingerprint density at radius 2 is 1.94 bits per heavy atom. The molecule has 0 unspecified atom stereocenters. The maximum absolute atomic E-state index is 10.4. The Balaban J connectivity index is 2.49. The van der Waals surface area contributed by atoms with Crippen molar-refractivity contribution in [3.63, 3.8) is 0 Å². The van der Waals surface area contributed by atoms with Crippen molar-refractivity contribution < 1.29 is 4.79 Å². The molecule has 0 spiro atoms. The van der Waals surface area contributed by atoms with Crippen LogP contribution < -0.4 is 0 Å². The van der Waals surface area contributed by atoms with Gasteiger partial charge in [-0.25, -0.2) is 0 Å². The first-order valence-electron chi connectivity index (χ1n) is 5.82. The third kappa shape index (κ3) is 4.01. The molecule has 1 aromatic rings. The molecule has 0 aromatic heterocycles. The molecule has 0 saturated carbocycles. The number of allylic oxidation sites excluding steroid dienone is 2. The molecule has 1 nitrogen and oxygen atoms in total. The van der Waals surface area contributed by atoms with E-state index >= 15 is 0 Å². The average Bonchev–Trinajstić information content (AvgIpc) is 2.29. The van der Waals surface area contributed by atoms with Crippen LogP contribution in [-0.4, -0.2) is 6.29 Å². The fourth-order valence-electron chi connectivity index (χ4n) is 1.67. The average molecular weight is 216 g/mol. The summed E-state index contributed by atoms with van der Waals surface area (Å²) in [5, 5.41) is 0. The Labute approximate surface area is 98.2 Å². The highest BCUT2D eigenvalue weighted by atomic mass is 16.1. The molecule has 16 heavy (non-hydrogen) atoms. The van der Waals surface area contributed by atoms with Gasteiger partial charge in [-0.1, -0.05) is 42.8 Å². The smallest absolute Gasteiger partial charge is 0.145 e. The molecule has 0 bridgehead atoms. The van der Waals surface area contributed by atoms with Gasteiger partial charge < -0.3 is 0 Å². The zero-order valence-electron chi connectivity index (χ0n) is 10.4. The van der Waals surface area contributed by atoms with E-state index in [0.29, 0.717) is 5.92 Å². The third-order valence-corrected chi connectivity index (χ3v) is 2.90. The normalized spacial score (nSPS) is 13.6. The van der Waals surface area contributed by atoms with Crippen LogP contribution in [0.1, 0.15) is 43.7 Å². The van der Waals surface area contributed by atoms with Crippen molar-refractivity contribution >= 4 is 6.29 Å². The molecule has 0 heterocycles. The molecule has 0 fully saturated rings. The Bertz CT molecular complexity index is 360. The van der Waals surface area contributed by atoms with E-state index in [2.05, 4.69) is 38.1 Å². The lowest BCUT2D eigenvalue weighted by Gasteiger charge is -2.10. The number of carbonyl (C=O) groups excluding carboxylic acids is 1. The van der Waals surface area contributed by atoms with Gasteiger partial charge in [-0.3, -0.25) is 4.79 Å². The van der Waals surface area contributed by atoms with Crippen molar-refractivity contribution in [3.8, 4) is 0 Å². The van der Waals surface area contributed by atoms with Crippen LogP contribution >= 0.6 is 0 Å². The molecule has 0 aliphatic carbocycles. The first-order valence-corrected chi connectivity index (χ1v) is 5.82. The van der Waals surface area contributed by atoms with Crippen LogP contribution in [-0.2, 0) is 4.79 Å². The largest absolute Gasteiger partial charge is 0.298 e. The second-order valence-electron chi connectivity index (χ2n) is 4.46. The first kappa shape index (κ1) is 12.7. The van der Waals surface area contributed by atoms with E-state index in [9.17, 15) is 4.79 Å². The molecule has 1 atom stereocenters. The summed E-state index contributed by atoms with van der Waals surface area (Å²) in [7, 11) is 0. The monoisotopic (exact) mass is 216 g/mol. The molecule has 0 amide bonds. The first-order chi connectivity index (χ1) is 7.63. The molecule has 0 saturated heterocycles. The van der Waals surface area contributed by atoms with Gasteiger partial charge >= 0.3 is 0 Å². The molecule has 86 valence electrons. The van der Waals surface area contributed by atoms with Crippen molar-refractivity contribution in [2.24, 2.45) is 0 Å². The quantitative estimate of drug-likeness (QED) is 0.536.